The summed E-state index contributed by atoms with van der Waals surface area (Å²) >= 11 is 0. The third kappa shape index (κ3) is 3.71. The summed E-state index contributed by atoms with van der Waals surface area (Å²) in [5.74, 6) is 1.07. The second-order valence-corrected chi connectivity index (χ2v) is 5.17. The lowest BCUT2D eigenvalue weighted by Gasteiger charge is -2.18. The Labute approximate surface area is 134 Å². The van der Waals surface area contributed by atoms with Crippen LogP contribution in [0.15, 0.2) is 36.5 Å². The molecule has 6 heteroatoms. The van der Waals surface area contributed by atoms with Gasteiger partial charge in [-0.1, -0.05) is 6.92 Å². The molecule has 0 unspecified atom stereocenters. The zero-order valence-electron chi connectivity index (χ0n) is 13.0. The molecule has 0 saturated carbocycles. The maximum Gasteiger partial charge on any atom is 0.274 e. The highest BCUT2D eigenvalue weighted by Gasteiger charge is 2.13. The van der Waals surface area contributed by atoms with Gasteiger partial charge in [0.05, 0.1) is 11.9 Å². The molecule has 3 rings (SSSR count). The van der Waals surface area contributed by atoms with Gasteiger partial charge >= 0.3 is 0 Å². The van der Waals surface area contributed by atoms with Crippen molar-refractivity contribution in [1.29, 1.82) is 0 Å². The van der Waals surface area contributed by atoms with E-state index in [2.05, 4.69) is 22.5 Å². The van der Waals surface area contributed by atoms with Crippen molar-refractivity contribution in [2.24, 2.45) is 0 Å². The van der Waals surface area contributed by atoms with Crippen LogP contribution in [-0.4, -0.2) is 30.6 Å². The summed E-state index contributed by atoms with van der Waals surface area (Å²) < 4.78 is 11.0. The minimum Gasteiger partial charge on any atom is -0.486 e. The van der Waals surface area contributed by atoms with Crippen molar-refractivity contribution in [2.75, 3.05) is 30.4 Å². The Hall–Kier alpha value is -2.76. The van der Waals surface area contributed by atoms with Crippen molar-refractivity contribution in [2.45, 2.75) is 13.3 Å². The highest BCUT2D eigenvalue weighted by Crippen LogP contribution is 2.32. The summed E-state index contributed by atoms with van der Waals surface area (Å²) in [7, 11) is 0. The molecule has 1 aliphatic rings. The number of hydrogen-bond donors (Lipinski definition) is 2. The van der Waals surface area contributed by atoms with E-state index in [1.54, 1.807) is 30.5 Å². The normalized spacial score (nSPS) is 12.6. The number of nitrogens with zero attached hydrogens (tertiary/aromatic N) is 1. The second kappa shape index (κ2) is 7.00. The molecule has 2 N–H and O–H groups in total. The Kier molecular flexibility index (Phi) is 4.61. The average Bonchev–Trinajstić information content (AvgIpc) is 2.60. The van der Waals surface area contributed by atoms with E-state index in [0.717, 1.165) is 18.7 Å². The fraction of sp³-hybridized carbons (Fsp3) is 0.294. The van der Waals surface area contributed by atoms with E-state index in [4.69, 9.17) is 9.47 Å². The molecule has 1 aromatic carbocycles. The molecule has 0 aliphatic carbocycles. The average molecular weight is 313 g/mol. The maximum atomic E-state index is 12.2. The summed E-state index contributed by atoms with van der Waals surface area (Å²) in [6.45, 7) is 4.03. The number of rotatable bonds is 5. The van der Waals surface area contributed by atoms with E-state index in [1.807, 2.05) is 6.07 Å². The fourth-order valence-corrected chi connectivity index (χ4v) is 2.22. The highest BCUT2D eigenvalue weighted by molar-refractivity contribution is 6.03. The number of amides is 1. The first kappa shape index (κ1) is 15.1. The van der Waals surface area contributed by atoms with Crippen molar-refractivity contribution in [1.82, 2.24) is 4.98 Å². The Morgan fingerprint density at radius 3 is 2.65 bits per heavy atom. The molecule has 0 atom stereocenters. The van der Waals surface area contributed by atoms with Crippen LogP contribution in [0.1, 0.15) is 23.8 Å². The number of hydrogen-bond acceptors (Lipinski definition) is 5. The Morgan fingerprint density at radius 2 is 1.91 bits per heavy atom. The van der Waals surface area contributed by atoms with Crippen molar-refractivity contribution < 1.29 is 14.3 Å². The second-order valence-electron chi connectivity index (χ2n) is 5.17. The van der Waals surface area contributed by atoms with Gasteiger partial charge in [-0.15, -0.1) is 0 Å². The summed E-state index contributed by atoms with van der Waals surface area (Å²) in [4.78, 5) is 16.4. The molecule has 0 spiro atoms. The molecule has 0 bridgehead atoms. The van der Waals surface area contributed by atoms with Crippen molar-refractivity contribution in [3.05, 3.63) is 42.2 Å². The van der Waals surface area contributed by atoms with Crippen LogP contribution in [0.25, 0.3) is 0 Å². The predicted octanol–water partition coefficient (Wildman–Crippen LogP) is 2.93. The Bertz CT molecular complexity index is 686. The predicted molar refractivity (Wildman–Crippen MR) is 88.4 cm³/mol. The van der Waals surface area contributed by atoms with Crippen molar-refractivity contribution in [3.8, 4) is 11.5 Å². The summed E-state index contributed by atoms with van der Waals surface area (Å²) in [5, 5.41) is 6.03. The van der Waals surface area contributed by atoms with Crippen LogP contribution in [0.3, 0.4) is 0 Å². The van der Waals surface area contributed by atoms with E-state index in [0.29, 0.717) is 36.1 Å². The highest BCUT2D eigenvalue weighted by atomic mass is 16.6. The lowest BCUT2D eigenvalue weighted by Crippen LogP contribution is -2.17. The van der Waals surface area contributed by atoms with Gasteiger partial charge in [0.2, 0.25) is 0 Å². The maximum absolute atomic E-state index is 12.2. The number of aromatic nitrogens is 1. The molecule has 1 aromatic heterocycles. The molecule has 2 aromatic rings. The first-order chi connectivity index (χ1) is 11.3. The lowest BCUT2D eigenvalue weighted by atomic mass is 10.2. The zero-order valence-corrected chi connectivity index (χ0v) is 13.0. The molecule has 1 amide bonds. The van der Waals surface area contributed by atoms with Crippen LogP contribution in [0.4, 0.5) is 11.4 Å². The molecule has 0 fully saturated rings. The molecule has 120 valence electrons. The van der Waals surface area contributed by atoms with Gasteiger partial charge in [-0.25, -0.2) is 4.98 Å². The minimum absolute atomic E-state index is 0.260. The minimum atomic E-state index is -0.260. The van der Waals surface area contributed by atoms with Crippen molar-refractivity contribution >= 4 is 17.3 Å². The quantitative estimate of drug-likeness (QED) is 0.888. The molecule has 1 aliphatic heterocycles. The Morgan fingerprint density at radius 1 is 1.13 bits per heavy atom. The van der Waals surface area contributed by atoms with E-state index in [-0.39, 0.29) is 5.91 Å². The molecule has 0 saturated heterocycles. The number of nitrogens with one attached hydrogen (secondary N) is 2. The van der Waals surface area contributed by atoms with Gasteiger partial charge in [0.25, 0.3) is 5.91 Å². The topological polar surface area (TPSA) is 72.5 Å². The number of pyridine rings is 1. The molecule has 0 radical (unpaired) electrons. The third-order valence-electron chi connectivity index (χ3n) is 3.38. The van der Waals surface area contributed by atoms with Gasteiger partial charge in [-0.05, 0) is 30.7 Å². The fourth-order valence-electron chi connectivity index (χ4n) is 2.22. The standard InChI is InChI=1S/C17H19N3O3/c1-2-7-18-13-3-5-14(19-11-13)17(21)20-12-4-6-15-16(10-12)23-9-8-22-15/h3-6,10-11,18H,2,7-9H2,1H3,(H,20,21). The Balaban J connectivity index is 1.66. The monoisotopic (exact) mass is 313 g/mol. The largest absolute Gasteiger partial charge is 0.486 e. The number of anilines is 2. The number of carbonyl (C=O) groups excluding carboxylic acids is 1. The van der Waals surface area contributed by atoms with Crippen LogP contribution < -0.4 is 20.1 Å². The number of ether oxygens (including phenoxy) is 2. The zero-order chi connectivity index (χ0) is 16.1. The van der Waals surface area contributed by atoms with Gasteiger partial charge in [0.1, 0.15) is 18.9 Å². The number of fused-ring (bicyclic) bond motifs is 1. The van der Waals surface area contributed by atoms with Gasteiger partial charge in [-0.3, -0.25) is 4.79 Å². The van der Waals surface area contributed by atoms with Crippen LogP contribution in [0, 0.1) is 0 Å². The molecule has 6 nitrogen and oxygen atoms in total. The van der Waals surface area contributed by atoms with Gasteiger partial charge < -0.3 is 20.1 Å². The van der Waals surface area contributed by atoms with Gasteiger partial charge in [0, 0.05) is 18.3 Å². The van der Waals surface area contributed by atoms with E-state index >= 15 is 0 Å². The molecule has 2 heterocycles. The van der Waals surface area contributed by atoms with E-state index < -0.39 is 0 Å². The summed E-state index contributed by atoms with van der Waals surface area (Å²) in [6, 6.07) is 8.87. The first-order valence-electron chi connectivity index (χ1n) is 7.67. The van der Waals surface area contributed by atoms with Crippen molar-refractivity contribution in [3.63, 3.8) is 0 Å². The molecule has 23 heavy (non-hydrogen) atoms. The van der Waals surface area contributed by atoms with Crippen LogP contribution in [0.2, 0.25) is 0 Å². The van der Waals surface area contributed by atoms with E-state index in [1.165, 1.54) is 0 Å². The van der Waals surface area contributed by atoms with E-state index in [9.17, 15) is 4.79 Å². The summed E-state index contributed by atoms with van der Waals surface area (Å²) in [5.41, 5.74) is 1.92. The van der Waals surface area contributed by atoms with Crippen LogP contribution in [-0.2, 0) is 0 Å². The molecular weight excluding hydrogens is 294 g/mol. The lowest BCUT2D eigenvalue weighted by molar-refractivity contribution is 0.102. The summed E-state index contributed by atoms with van der Waals surface area (Å²) in [6.07, 6.45) is 2.70. The third-order valence-corrected chi connectivity index (χ3v) is 3.38. The van der Waals surface area contributed by atoms with Gasteiger partial charge in [-0.2, -0.15) is 0 Å². The van der Waals surface area contributed by atoms with Gasteiger partial charge in [0.15, 0.2) is 11.5 Å². The number of carbonyl (C=O) groups is 1. The first-order valence-corrected chi connectivity index (χ1v) is 7.67. The molecular formula is C17H19N3O3. The SMILES string of the molecule is CCCNc1ccc(C(=O)Nc2ccc3c(c2)OCCO3)nc1. The smallest absolute Gasteiger partial charge is 0.274 e. The number of benzene rings is 1. The van der Waals surface area contributed by atoms with Crippen LogP contribution in [0.5, 0.6) is 11.5 Å². The van der Waals surface area contributed by atoms with Crippen LogP contribution >= 0.6 is 0 Å².